The lowest BCUT2D eigenvalue weighted by Gasteiger charge is -2.47. The molecule has 10 heteroatoms. The van der Waals surface area contributed by atoms with Crippen LogP contribution in [0.15, 0.2) is 49.1 Å². The Morgan fingerprint density at radius 3 is 2.66 bits per heavy atom. The number of halogens is 1. The molecule has 1 atom stereocenters. The number of hydrogen-bond acceptors (Lipinski definition) is 5. The fourth-order valence-corrected chi connectivity index (χ4v) is 4.70. The van der Waals surface area contributed by atoms with Gasteiger partial charge in [0.2, 0.25) is 0 Å². The Bertz CT molecular complexity index is 1360. The minimum Gasteiger partial charge on any atom is -0.352 e. The van der Waals surface area contributed by atoms with Crippen LogP contribution in [-0.2, 0) is 7.05 Å². The first kappa shape index (κ1) is 22.8. The van der Waals surface area contributed by atoms with Gasteiger partial charge in [0.25, 0.3) is 0 Å². The number of carbonyl (C=O) groups is 1. The number of fused-ring (bicyclic) bond motifs is 1. The van der Waals surface area contributed by atoms with E-state index in [1.807, 2.05) is 31.3 Å². The average molecular weight is 477 g/mol. The summed E-state index contributed by atoms with van der Waals surface area (Å²) in [7, 11) is 1.88. The van der Waals surface area contributed by atoms with Crippen LogP contribution in [0.1, 0.15) is 32.4 Å². The molecule has 3 aromatic heterocycles. The van der Waals surface area contributed by atoms with Crippen LogP contribution in [-0.4, -0.2) is 60.8 Å². The van der Waals surface area contributed by atoms with Crippen molar-refractivity contribution in [2.45, 2.75) is 32.4 Å². The molecule has 1 aliphatic rings. The lowest BCUT2D eigenvalue weighted by molar-refractivity contribution is 0.121. The SMILES string of the molecule is C[C@H](NC(=O)N1CCN(c2ncnc3[nH]c(-c4cnn(C)c4)cc23)CC1(C)C)c1ccc(F)cc1. The number of nitrogens with zero attached hydrogens (tertiary/aromatic N) is 6. The summed E-state index contributed by atoms with van der Waals surface area (Å²) in [6.45, 7) is 7.81. The molecule has 4 heterocycles. The van der Waals surface area contributed by atoms with Crippen molar-refractivity contribution in [1.29, 1.82) is 0 Å². The molecule has 4 aromatic rings. The number of carbonyl (C=O) groups excluding carboxylic acids is 1. The van der Waals surface area contributed by atoms with E-state index in [0.717, 1.165) is 33.7 Å². The Morgan fingerprint density at radius 1 is 1.20 bits per heavy atom. The van der Waals surface area contributed by atoms with Gasteiger partial charge in [-0.05, 0) is 44.5 Å². The molecule has 0 aliphatic carbocycles. The largest absolute Gasteiger partial charge is 0.352 e. The van der Waals surface area contributed by atoms with Gasteiger partial charge in [-0.25, -0.2) is 19.2 Å². The van der Waals surface area contributed by atoms with E-state index in [9.17, 15) is 9.18 Å². The summed E-state index contributed by atoms with van der Waals surface area (Å²) < 4.78 is 15.0. The summed E-state index contributed by atoms with van der Waals surface area (Å²) in [6.07, 6.45) is 5.33. The van der Waals surface area contributed by atoms with Crippen LogP contribution in [0.2, 0.25) is 0 Å². The van der Waals surface area contributed by atoms with Gasteiger partial charge in [-0.15, -0.1) is 0 Å². The van der Waals surface area contributed by atoms with Gasteiger partial charge in [0.1, 0.15) is 23.6 Å². The summed E-state index contributed by atoms with van der Waals surface area (Å²) in [5.74, 6) is 0.549. The molecular formula is C25H29FN8O. The zero-order valence-corrected chi connectivity index (χ0v) is 20.3. The molecule has 0 spiro atoms. The second-order valence-corrected chi connectivity index (χ2v) is 9.65. The Labute approximate surface area is 203 Å². The molecule has 1 saturated heterocycles. The van der Waals surface area contributed by atoms with Gasteiger partial charge < -0.3 is 20.1 Å². The number of amides is 2. The van der Waals surface area contributed by atoms with E-state index in [0.29, 0.717) is 19.6 Å². The maximum absolute atomic E-state index is 13.3. The molecule has 5 rings (SSSR count). The standard InChI is InChI=1S/C25H29FN8O/c1-16(17-5-7-19(26)8-6-17)30-24(35)34-10-9-33(14-25(34,2)3)23-20-11-21(18-12-29-32(4)13-18)31-22(20)27-15-28-23/h5-8,11-13,15-16H,9-10,14H2,1-4H3,(H,30,35)(H,27,28,31)/t16-/m0/s1. The van der Waals surface area contributed by atoms with Gasteiger partial charge in [-0.1, -0.05) is 12.1 Å². The van der Waals surface area contributed by atoms with Crippen LogP contribution in [0, 0.1) is 5.82 Å². The van der Waals surface area contributed by atoms with Crippen LogP contribution in [0.3, 0.4) is 0 Å². The summed E-state index contributed by atoms with van der Waals surface area (Å²) in [5.41, 5.74) is 3.09. The number of H-pyrrole nitrogens is 1. The monoisotopic (exact) mass is 476 g/mol. The smallest absolute Gasteiger partial charge is 0.318 e. The number of aromatic amines is 1. The number of urea groups is 1. The average Bonchev–Trinajstić information content (AvgIpc) is 3.44. The molecule has 0 radical (unpaired) electrons. The van der Waals surface area contributed by atoms with E-state index in [1.165, 1.54) is 12.1 Å². The van der Waals surface area contributed by atoms with E-state index < -0.39 is 5.54 Å². The summed E-state index contributed by atoms with van der Waals surface area (Å²) in [4.78, 5) is 29.6. The fraction of sp³-hybridized carbons (Fsp3) is 0.360. The quantitative estimate of drug-likeness (QED) is 0.466. The van der Waals surface area contributed by atoms with Crippen molar-refractivity contribution in [3.63, 3.8) is 0 Å². The van der Waals surface area contributed by atoms with Gasteiger partial charge in [0, 0.05) is 38.4 Å². The van der Waals surface area contributed by atoms with Gasteiger partial charge >= 0.3 is 6.03 Å². The number of hydrogen-bond donors (Lipinski definition) is 2. The topological polar surface area (TPSA) is 95.0 Å². The molecule has 182 valence electrons. The van der Waals surface area contributed by atoms with Crippen molar-refractivity contribution in [3.05, 3.63) is 60.4 Å². The highest BCUT2D eigenvalue weighted by Gasteiger charge is 2.38. The van der Waals surface area contributed by atoms with Crippen LogP contribution >= 0.6 is 0 Å². The Kier molecular flexibility index (Phi) is 5.66. The van der Waals surface area contributed by atoms with Gasteiger partial charge in [0.05, 0.1) is 28.9 Å². The minimum absolute atomic E-state index is 0.139. The maximum atomic E-state index is 13.3. The zero-order chi connectivity index (χ0) is 24.7. The molecule has 0 unspecified atom stereocenters. The second-order valence-electron chi connectivity index (χ2n) is 9.65. The van der Waals surface area contributed by atoms with Gasteiger partial charge in [0.15, 0.2) is 0 Å². The molecule has 0 bridgehead atoms. The number of rotatable bonds is 4. The van der Waals surface area contributed by atoms with Crippen LogP contribution in [0.5, 0.6) is 0 Å². The predicted molar refractivity (Wildman–Crippen MR) is 132 cm³/mol. The van der Waals surface area contributed by atoms with Gasteiger partial charge in [-0.2, -0.15) is 5.10 Å². The van der Waals surface area contributed by atoms with Crippen molar-refractivity contribution in [1.82, 2.24) is 34.9 Å². The Balaban J connectivity index is 1.33. The van der Waals surface area contributed by atoms with E-state index >= 15 is 0 Å². The highest BCUT2D eigenvalue weighted by molar-refractivity contribution is 5.92. The van der Waals surface area contributed by atoms with E-state index in [4.69, 9.17) is 0 Å². The van der Waals surface area contributed by atoms with Crippen LogP contribution in [0.4, 0.5) is 15.0 Å². The molecule has 9 nitrogen and oxygen atoms in total. The Morgan fingerprint density at radius 2 is 1.97 bits per heavy atom. The molecule has 35 heavy (non-hydrogen) atoms. The highest BCUT2D eigenvalue weighted by Crippen LogP contribution is 2.32. The normalized spacial score (nSPS) is 16.5. The second kappa shape index (κ2) is 8.68. The third-order valence-corrected chi connectivity index (χ3v) is 6.58. The molecule has 1 aliphatic heterocycles. The molecule has 1 fully saturated rings. The van der Waals surface area contributed by atoms with E-state index in [2.05, 4.69) is 50.2 Å². The van der Waals surface area contributed by atoms with Crippen LogP contribution in [0.25, 0.3) is 22.3 Å². The number of aryl methyl sites for hydroxylation is 1. The summed E-state index contributed by atoms with van der Waals surface area (Å²) in [6, 6.07) is 7.89. The van der Waals surface area contributed by atoms with Crippen molar-refractivity contribution in [3.8, 4) is 11.3 Å². The number of anilines is 1. The fourth-order valence-electron chi connectivity index (χ4n) is 4.70. The summed E-state index contributed by atoms with van der Waals surface area (Å²) in [5, 5.41) is 8.24. The predicted octanol–water partition coefficient (Wildman–Crippen LogP) is 3.87. The number of benzene rings is 1. The van der Waals surface area contributed by atoms with Crippen molar-refractivity contribution < 1.29 is 9.18 Å². The lowest BCUT2D eigenvalue weighted by atomic mass is 9.98. The number of nitrogens with one attached hydrogen (secondary N) is 2. The first-order chi connectivity index (χ1) is 16.7. The molecular weight excluding hydrogens is 447 g/mol. The number of piperazine rings is 1. The van der Waals surface area contributed by atoms with Crippen molar-refractivity contribution >= 4 is 22.9 Å². The molecule has 2 amide bonds. The molecule has 0 saturated carbocycles. The maximum Gasteiger partial charge on any atom is 0.318 e. The molecule has 2 N–H and O–H groups in total. The first-order valence-corrected chi connectivity index (χ1v) is 11.6. The zero-order valence-electron chi connectivity index (χ0n) is 20.3. The van der Waals surface area contributed by atoms with Crippen molar-refractivity contribution in [2.75, 3.05) is 24.5 Å². The molecule has 1 aromatic carbocycles. The third kappa shape index (κ3) is 4.43. The van der Waals surface area contributed by atoms with Gasteiger partial charge in [-0.3, -0.25) is 4.68 Å². The van der Waals surface area contributed by atoms with Crippen molar-refractivity contribution in [2.24, 2.45) is 7.05 Å². The third-order valence-electron chi connectivity index (χ3n) is 6.58. The highest BCUT2D eigenvalue weighted by atomic mass is 19.1. The lowest BCUT2D eigenvalue weighted by Crippen LogP contribution is -2.63. The summed E-state index contributed by atoms with van der Waals surface area (Å²) >= 11 is 0. The van der Waals surface area contributed by atoms with E-state index in [1.54, 1.807) is 23.1 Å². The number of aromatic nitrogens is 5. The van der Waals surface area contributed by atoms with E-state index in [-0.39, 0.29) is 17.9 Å². The minimum atomic E-state index is -0.440. The Hall–Kier alpha value is -3.95. The first-order valence-electron chi connectivity index (χ1n) is 11.6. The van der Waals surface area contributed by atoms with Crippen LogP contribution < -0.4 is 10.2 Å².